The minimum Gasteiger partial charge on any atom is -0.381 e. The molecule has 0 radical (unpaired) electrons. The smallest absolute Gasteiger partial charge is 0.238 e. The third-order valence-corrected chi connectivity index (χ3v) is 4.07. The van der Waals surface area contributed by atoms with Crippen molar-refractivity contribution in [3.8, 4) is 0 Å². The quantitative estimate of drug-likeness (QED) is 0.906. The van der Waals surface area contributed by atoms with Gasteiger partial charge in [0.05, 0.1) is 12.6 Å². The molecule has 0 atom stereocenters. The molecule has 4 nitrogen and oxygen atoms in total. The lowest BCUT2D eigenvalue weighted by molar-refractivity contribution is -0.117. The van der Waals surface area contributed by atoms with Gasteiger partial charge in [-0.3, -0.25) is 9.69 Å². The first-order chi connectivity index (χ1) is 10.1. The minimum absolute atomic E-state index is 0.0618. The second-order valence-corrected chi connectivity index (χ2v) is 6.04. The molecule has 1 aromatic carbocycles. The number of hydrogen-bond donors (Lipinski definition) is 1. The molecule has 0 bridgehead atoms. The Bertz CT molecular complexity index is 466. The Labute approximate surface area is 127 Å². The van der Waals surface area contributed by atoms with E-state index in [4.69, 9.17) is 4.74 Å². The highest BCUT2D eigenvalue weighted by molar-refractivity contribution is 5.92. The molecule has 1 aliphatic heterocycles. The lowest BCUT2D eigenvalue weighted by Crippen LogP contribution is -2.41. The van der Waals surface area contributed by atoms with E-state index in [1.165, 1.54) is 5.56 Å². The van der Waals surface area contributed by atoms with Crippen LogP contribution in [-0.2, 0) is 9.53 Å². The summed E-state index contributed by atoms with van der Waals surface area (Å²) in [7, 11) is 1.76. The summed E-state index contributed by atoms with van der Waals surface area (Å²) in [6.45, 7) is 6.63. The van der Waals surface area contributed by atoms with E-state index in [0.29, 0.717) is 18.6 Å². The average Bonchev–Trinajstić information content (AvgIpc) is 2.48. The van der Waals surface area contributed by atoms with Gasteiger partial charge in [0.25, 0.3) is 0 Å². The molecule has 116 valence electrons. The summed E-state index contributed by atoms with van der Waals surface area (Å²) in [5.74, 6) is 0.529. The predicted octanol–water partition coefficient (Wildman–Crippen LogP) is 2.86. The maximum Gasteiger partial charge on any atom is 0.238 e. The molecule has 0 aliphatic carbocycles. The van der Waals surface area contributed by atoms with Crippen LogP contribution in [0.25, 0.3) is 0 Å². The van der Waals surface area contributed by atoms with Crippen LogP contribution >= 0.6 is 0 Å². The fourth-order valence-electron chi connectivity index (χ4n) is 2.68. The number of nitrogens with one attached hydrogen (secondary N) is 1. The lowest BCUT2D eigenvalue weighted by atomic mass is 10.0. The molecular formula is C17H26N2O2. The highest BCUT2D eigenvalue weighted by atomic mass is 16.5. The summed E-state index contributed by atoms with van der Waals surface area (Å²) < 4.78 is 5.35. The number of ether oxygens (including phenoxy) is 1. The maximum atomic E-state index is 12.1. The van der Waals surface area contributed by atoms with Crippen LogP contribution in [0.1, 0.15) is 38.2 Å². The Balaban J connectivity index is 1.83. The zero-order chi connectivity index (χ0) is 15.2. The number of benzene rings is 1. The first-order valence-electron chi connectivity index (χ1n) is 7.73. The summed E-state index contributed by atoms with van der Waals surface area (Å²) in [4.78, 5) is 14.3. The molecule has 1 amide bonds. The first-order valence-corrected chi connectivity index (χ1v) is 7.73. The van der Waals surface area contributed by atoms with E-state index in [2.05, 4.69) is 36.2 Å². The van der Waals surface area contributed by atoms with Gasteiger partial charge < -0.3 is 10.1 Å². The summed E-state index contributed by atoms with van der Waals surface area (Å²) >= 11 is 0. The molecule has 21 heavy (non-hydrogen) atoms. The van der Waals surface area contributed by atoms with Gasteiger partial charge in [0.1, 0.15) is 0 Å². The second kappa shape index (κ2) is 7.57. The van der Waals surface area contributed by atoms with E-state index in [1.54, 1.807) is 7.11 Å². The number of methoxy groups -OCH3 is 1. The van der Waals surface area contributed by atoms with Crippen molar-refractivity contribution >= 4 is 11.6 Å². The maximum absolute atomic E-state index is 12.1. The number of hydrogen-bond acceptors (Lipinski definition) is 3. The van der Waals surface area contributed by atoms with E-state index >= 15 is 0 Å². The Morgan fingerprint density at radius 2 is 2.10 bits per heavy atom. The van der Waals surface area contributed by atoms with Crippen LogP contribution < -0.4 is 5.32 Å². The zero-order valence-corrected chi connectivity index (χ0v) is 13.3. The van der Waals surface area contributed by atoms with Crippen molar-refractivity contribution in [2.45, 2.75) is 38.7 Å². The van der Waals surface area contributed by atoms with E-state index in [-0.39, 0.29) is 5.91 Å². The predicted molar refractivity (Wildman–Crippen MR) is 85.6 cm³/mol. The number of amides is 1. The zero-order valence-electron chi connectivity index (χ0n) is 13.3. The summed E-state index contributed by atoms with van der Waals surface area (Å²) in [6.07, 6.45) is 2.37. The van der Waals surface area contributed by atoms with Gasteiger partial charge >= 0.3 is 0 Å². The van der Waals surface area contributed by atoms with Crippen molar-refractivity contribution in [2.24, 2.45) is 0 Å². The molecule has 1 N–H and O–H groups in total. The largest absolute Gasteiger partial charge is 0.381 e. The molecule has 1 aromatic rings. The second-order valence-electron chi connectivity index (χ2n) is 6.04. The molecule has 4 heteroatoms. The molecular weight excluding hydrogens is 264 g/mol. The molecule has 1 aliphatic rings. The number of carbonyl (C=O) groups excluding carboxylic acids is 1. The highest BCUT2D eigenvalue weighted by Crippen LogP contribution is 2.18. The monoisotopic (exact) mass is 290 g/mol. The van der Waals surface area contributed by atoms with Crippen molar-refractivity contribution in [3.05, 3.63) is 29.8 Å². The summed E-state index contributed by atoms with van der Waals surface area (Å²) in [5.41, 5.74) is 2.13. The van der Waals surface area contributed by atoms with Crippen molar-refractivity contribution in [2.75, 3.05) is 32.1 Å². The summed E-state index contributed by atoms with van der Waals surface area (Å²) in [6, 6.07) is 8.09. The number of rotatable bonds is 5. The SMILES string of the molecule is COC1CCN(CC(=O)Nc2cccc(C(C)C)c2)CC1. The third-order valence-electron chi connectivity index (χ3n) is 4.07. The standard InChI is InChI=1S/C17H26N2O2/c1-13(2)14-5-4-6-15(11-14)18-17(20)12-19-9-7-16(21-3)8-10-19/h4-6,11,13,16H,7-10,12H2,1-3H3,(H,18,20). The lowest BCUT2D eigenvalue weighted by Gasteiger charge is -2.30. The fourth-order valence-corrected chi connectivity index (χ4v) is 2.68. The summed E-state index contributed by atoms with van der Waals surface area (Å²) in [5, 5.41) is 3.00. The molecule has 0 spiro atoms. The highest BCUT2D eigenvalue weighted by Gasteiger charge is 2.20. The molecule has 1 heterocycles. The number of likely N-dealkylation sites (tertiary alicyclic amines) is 1. The van der Waals surface area contributed by atoms with Crippen LogP contribution in [0.15, 0.2) is 24.3 Å². The Kier molecular flexibility index (Phi) is 5.76. The van der Waals surface area contributed by atoms with Crippen molar-refractivity contribution in [1.29, 1.82) is 0 Å². The van der Waals surface area contributed by atoms with Gasteiger partial charge in [0.2, 0.25) is 5.91 Å². The third kappa shape index (κ3) is 4.83. The van der Waals surface area contributed by atoms with Crippen molar-refractivity contribution < 1.29 is 9.53 Å². The van der Waals surface area contributed by atoms with Gasteiger partial charge in [-0.25, -0.2) is 0 Å². The van der Waals surface area contributed by atoms with Gasteiger partial charge in [0, 0.05) is 25.9 Å². The van der Waals surface area contributed by atoms with E-state index in [0.717, 1.165) is 31.6 Å². The van der Waals surface area contributed by atoms with E-state index in [1.807, 2.05) is 12.1 Å². The fraction of sp³-hybridized carbons (Fsp3) is 0.588. The molecule has 2 rings (SSSR count). The first kappa shape index (κ1) is 16.0. The van der Waals surface area contributed by atoms with Crippen LogP contribution in [0.4, 0.5) is 5.69 Å². The van der Waals surface area contributed by atoms with Crippen LogP contribution in [0.2, 0.25) is 0 Å². The Morgan fingerprint density at radius 1 is 1.38 bits per heavy atom. The van der Waals surface area contributed by atoms with Crippen molar-refractivity contribution in [3.63, 3.8) is 0 Å². The van der Waals surface area contributed by atoms with Crippen LogP contribution in [0, 0.1) is 0 Å². The van der Waals surface area contributed by atoms with Crippen LogP contribution in [0.5, 0.6) is 0 Å². The normalized spacial score (nSPS) is 17.1. The Hall–Kier alpha value is -1.39. The van der Waals surface area contributed by atoms with E-state index in [9.17, 15) is 4.79 Å². The molecule has 0 aromatic heterocycles. The van der Waals surface area contributed by atoms with Crippen molar-refractivity contribution in [1.82, 2.24) is 4.90 Å². The molecule has 0 unspecified atom stereocenters. The topological polar surface area (TPSA) is 41.6 Å². The van der Waals surface area contributed by atoms with Gasteiger partial charge in [0.15, 0.2) is 0 Å². The van der Waals surface area contributed by atoms with Gasteiger partial charge in [-0.15, -0.1) is 0 Å². The number of piperidine rings is 1. The van der Waals surface area contributed by atoms with Gasteiger partial charge in [-0.1, -0.05) is 26.0 Å². The minimum atomic E-state index is 0.0618. The average molecular weight is 290 g/mol. The van der Waals surface area contributed by atoms with Gasteiger partial charge in [-0.2, -0.15) is 0 Å². The molecule has 1 saturated heterocycles. The molecule has 0 saturated carbocycles. The number of anilines is 1. The molecule has 1 fully saturated rings. The number of nitrogens with zero attached hydrogens (tertiary/aromatic N) is 1. The van der Waals surface area contributed by atoms with Crippen LogP contribution in [0.3, 0.4) is 0 Å². The van der Waals surface area contributed by atoms with Gasteiger partial charge in [-0.05, 0) is 36.5 Å². The van der Waals surface area contributed by atoms with Crippen LogP contribution in [-0.4, -0.2) is 43.7 Å². The van der Waals surface area contributed by atoms with E-state index < -0.39 is 0 Å². The number of carbonyl (C=O) groups is 1. The Morgan fingerprint density at radius 3 is 2.71 bits per heavy atom.